The van der Waals surface area contributed by atoms with E-state index in [-0.39, 0.29) is 0 Å². The highest BCUT2D eigenvalue weighted by atomic mass is 14.9. The largest absolute Gasteiger partial charge is 0.382 e. The lowest BCUT2D eigenvalue weighted by Crippen LogP contribution is -2.24. The molecule has 1 unspecified atom stereocenters. The fraction of sp³-hybridized carbons (Fsp3) is 0.429. The molecule has 1 aliphatic rings. The van der Waals surface area contributed by atoms with Gasteiger partial charge in [0.2, 0.25) is 0 Å². The minimum atomic E-state index is 0.390. The minimum absolute atomic E-state index is 0.390. The Balaban J connectivity index is 2.18. The predicted octanol–water partition coefficient (Wildman–Crippen LogP) is 3.03. The number of nitrogens with zero attached hydrogens (tertiary/aromatic N) is 2. The number of anilines is 1. The molecule has 86 valence electrons. The van der Waals surface area contributed by atoms with E-state index >= 15 is 0 Å². The fourth-order valence-electron chi connectivity index (χ4n) is 1.88. The van der Waals surface area contributed by atoms with Crippen LogP contribution in [0, 0.1) is 28.1 Å². The maximum atomic E-state index is 8.95. The summed E-state index contributed by atoms with van der Waals surface area (Å²) < 4.78 is 0. The van der Waals surface area contributed by atoms with Gasteiger partial charge in [0.05, 0.1) is 11.1 Å². The summed E-state index contributed by atoms with van der Waals surface area (Å²) in [6, 6.07) is 9.77. The van der Waals surface area contributed by atoms with Gasteiger partial charge in [0.15, 0.2) is 0 Å². The van der Waals surface area contributed by atoms with Crippen LogP contribution in [0.5, 0.6) is 0 Å². The number of benzene rings is 1. The molecule has 3 heteroatoms. The summed E-state index contributed by atoms with van der Waals surface area (Å²) in [5.74, 6) is 0. The van der Waals surface area contributed by atoms with Crippen LogP contribution in [0.3, 0.4) is 0 Å². The van der Waals surface area contributed by atoms with Crippen LogP contribution >= 0.6 is 0 Å². The molecule has 0 bridgehead atoms. The second kappa shape index (κ2) is 4.11. The van der Waals surface area contributed by atoms with Gasteiger partial charge in [0, 0.05) is 11.7 Å². The SMILES string of the molecule is CC(Nc1ccc(C#N)c(C#N)c1)C1(C)CC1. The lowest BCUT2D eigenvalue weighted by molar-refractivity contribution is 0.493. The molecule has 1 aromatic carbocycles. The number of hydrogen-bond acceptors (Lipinski definition) is 3. The molecular weight excluding hydrogens is 210 g/mol. The normalized spacial score (nSPS) is 17.6. The summed E-state index contributed by atoms with van der Waals surface area (Å²) in [5, 5.41) is 21.2. The monoisotopic (exact) mass is 225 g/mol. The molecule has 0 heterocycles. The van der Waals surface area contributed by atoms with Gasteiger partial charge < -0.3 is 5.32 Å². The quantitative estimate of drug-likeness (QED) is 0.860. The fourth-order valence-corrected chi connectivity index (χ4v) is 1.88. The van der Waals surface area contributed by atoms with Gasteiger partial charge in [-0.3, -0.25) is 0 Å². The van der Waals surface area contributed by atoms with Gasteiger partial charge in [0.25, 0.3) is 0 Å². The van der Waals surface area contributed by atoms with Gasteiger partial charge in [-0.1, -0.05) is 6.92 Å². The van der Waals surface area contributed by atoms with E-state index in [1.54, 1.807) is 12.1 Å². The lowest BCUT2D eigenvalue weighted by atomic mass is 10.00. The molecule has 2 rings (SSSR count). The maximum Gasteiger partial charge on any atom is 0.101 e. The molecule has 1 saturated carbocycles. The van der Waals surface area contributed by atoms with E-state index in [1.165, 1.54) is 12.8 Å². The van der Waals surface area contributed by atoms with E-state index in [0.29, 0.717) is 22.6 Å². The average molecular weight is 225 g/mol. The summed E-state index contributed by atoms with van der Waals surface area (Å²) in [5.41, 5.74) is 2.18. The van der Waals surface area contributed by atoms with Crippen molar-refractivity contribution in [1.29, 1.82) is 10.5 Å². The van der Waals surface area contributed by atoms with Crippen LogP contribution in [-0.4, -0.2) is 6.04 Å². The summed E-state index contributed by atoms with van der Waals surface area (Å²) in [4.78, 5) is 0. The molecule has 1 aromatic rings. The molecule has 17 heavy (non-hydrogen) atoms. The Labute approximate surface area is 102 Å². The predicted molar refractivity (Wildman–Crippen MR) is 66.3 cm³/mol. The standard InChI is InChI=1S/C14H15N3/c1-10(14(2)5-6-14)17-13-4-3-11(8-15)12(7-13)9-16/h3-4,7,10,17H,5-6H2,1-2H3. The van der Waals surface area contributed by atoms with Crippen molar-refractivity contribution in [3.8, 4) is 12.1 Å². The van der Waals surface area contributed by atoms with E-state index in [4.69, 9.17) is 10.5 Å². The summed E-state index contributed by atoms with van der Waals surface area (Å²) in [6.07, 6.45) is 2.51. The Kier molecular flexibility index (Phi) is 2.77. The van der Waals surface area contributed by atoms with E-state index in [1.807, 2.05) is 12.1 Å². The first-order valence-corrected chi connectivity index (χ1v) is 5.80. The molecular formula is C14H15N3. The second-order valence-electron chi connectivity index (χ2n) is 5.00. The van der Waals surface area contributed by atoms with Gasteiger partial charge in [0.1, 0.15) is 12.1 Å². The zero-order chi connectivity index (χ0) is 12.5. The zero-order valence-electron chi connectivity index (χ0n) is 10.1. The van der Waals surface area contributed by atoms with Crippen LogP contribution in [0.2, 0.25) is 0 Å². The number of nitrogens with one attached hydrogen (secondary N) is 1. The molecule has 1 fully saturated rings. The summed E-state index contributed by atoms with van der Waals surface area (Å²) in [6.45, 7) is 4.43. The molecule has 0 radical (unpaired) electrons. The zero-order valence-corrected chi connectivity index (χ0v) is 10.1. The van der Waals surface area contributed by atoms with E-state index in [9.17, 15) is 0 Å². The molecule has 1 atom stereocenters. The van der Waals surface area contributed by atoms with Crippen LogP contribution in [-0.2, 0) is 0 Å². The van der Waals surface area contributed by atoms with Crippen molar-refractivity contribution < 1.29 is 0 Å². The topological polar surface area (TPSA) is 59.6 Å². The minimum Gasteiger partial charge on any atom is -0.382 e. The van der Waals surface area contributed by atoms with E-state index in [0.717, 1.165) is 5.69 Å². The van der Waals surface area contributed by atoms with E-state index < -0.39 is 0 Å². The Morgan fingerprint density at radius 2 is 1.88 bits per heavy atom. The number of rotatable bonds is 3. The third-order valence-electron chi connectivity index (χ3n) is 3.73. The molecule has 0 aromatic heterocycles. The molecule has 0 aliphatic heterocycles. The van der Waals surface area contributed by atoms with Crippen LogP contribution < -0.4 is 5.32 Å². The number of hydrogen-bond donors (Lipinski definition) is 1. The molecule has 1 aliphatic carbocycles. The molecule has 1 N–H and O–H groups in total. The summed E-state index contributed by atoms with van der Waals surface area (Å²) in [7, 11) is 0. The molecule has 0 spiro atoms. The lowest BCUT2D eigenvalue weighted by Gasteiger charge is -2.21. The van der Waals surface area contributed by atoms with Crippen molar-refractivity contribution in [2.45, 2.75) is 32.7 Å². The highest BCUT2D eigenvalue weighted by Crippen LogP contribution is 2.48. The van der Waals surface area contributed by atoms with Crippen molar-refractivity contribution in [1.82, 2.24) is 0 Å². The Morgan fingerprint density at radius 3 is 2.41 bits per heavy atom. The van der Waals surface area contributed by atoms with Gasteiger partial charge >= 0.3 is 0 Å². The Hall–Kier alpha value is -2.00. The number of nitriles is 2. The van der Waals surface area contributed by atoms with Crippen LogP contribution in [0.4, 0.5) is 5.69 Å². The van der Waals surface area contributed by atoms with Gasteiger partial charge in [-0.05, 0) is 43.4 Å². The molecule has 3 nitrogen and oxygen atoms in total. The van der Waals surface area contributed by atoms with Gasteiger partial charge in [-0.2, -0.15) is 10.5 Å². The van der Waals surface area contributed by atoms with Gasteiger partial charge in [-0.15, -0.1) is 0 Å². The average Bonchev–Trinajstić information content (AvgIpc) is 3.08. The van der Waals surface area contributed by atoms with Crippen LogP contribution in [0.1, 0.15) is 37.8 Å². The van der Waals surface area contributed by atoms with Crippen molar-refractivity contribution in [2.24, 2.45) is 5.41 Å². The third kappa shape index (κ3) is 2.24. The van der Waals surface area contributed by atoms with Crippen molar-refractivity contribution >= 4 is 5.69 Å². The first kappa shape index (κ1) is 11.5. The Morgan fingerprint density at radius 1 is 1.24 bits per heavy atom. The highest BCUT2D eigenvalue weighted by Gasteiger charge is 2.42. The van der Waals surface area contributed by atoms with Crippen LogP contribution in [0.15, 0.2) is 18.2 Å². The third-order valence-corrected chi connectivity index (χ3v) is 3.73. The van der Waals surface area contributed by atoms with Crippen LogP contribution in [0.25, 0.3) is 0 Å². The first-order chi connectivity index (χ1) is 8.09. The molecule has 0 saturated heterocycles. The summed E-state index contributed by atoms with van der Waals surface area (Å²) >= 11 is 0. The van der Waals surface area contributed by atoms with Crippen molar-refractivity contribution in [3.63, 3.8) is 0 Å². The Bertz CT molecular complexity index is 515. The van der Waals surface area contributed by atoms with E-state index in [2.05, 4.69) is 25.2 Å². The molecule has 0 amide bonds. The maximum absolute atomic E-state index is 8.95. The van der Waals surface area contributed by atoms with Crippen molar-refractivity contribution in [2.75, 3.05) is 5.32 Å². The van der Waals surface area contributed by atoms with Crippen molar-refractivity contribution in [3.05, 3.63) is 29.3 Å². The highest BCUT2D eigenvalue weighted by molar-refractivity contribution is 5.56. The van der Waals surface area contributed by atoms with Gasteiger partial charge in [-0.25, -0.2) is 0 Å². The second-order valence-corrected chi connectivity index (χ2v) is 5.00. The first-order valence-electron chi connectivity index (χ1n) is 5.80. The smallest absolute Gasteiger partial charge is 0.101 e.